The Labute approximate surface area is 413 Å². The second-order valence-electron chi connectivity index (χ2n) is 20.4. The summed E-state index contributed by atoms with van der Waals surface area (Å²) in [6, 6.07) is 23.3. The summed E-state index contributed by atoms with van der Waals surface area (Å²) in [5.41, 5.74) is 6.95. The third kappa shape index (κ3) is 11.1. The van der Waals surface area contributed by atoms with Crippen LogP contribution in [0.4, 0.5) is 17.5 Å². The molecule has 5 aliphatic rings. The number of fused-ring (bicyclic) bond motifs is 2. The van der Waals surface area contributed by atoms with Crippen molar-refractivity contribution in [2.75, 3.05) is 70.6 Å². The molecular formula is C55H71N11O4. The third-order valence-corrected chi connectivity index (χ3v) is 15.5. The maximum absolute atomic E-state index is 13.0. The summed E-state index contributed by atoms with van der Waals surface area (Å²) >= 11 is 0. The fraction of sp³-hybridized carbons (Fsp3) is 0.509. The number of pyridine rings is 1. The molecule has 2 saturated carbocycles. The van der Waals surface area contributed by atoms with E-state index in [9.17, 15) is 19.2 Å². The molecule has 0 spiro atoms. The number of likely N-dealkylation sites (N-methyl/N-ethyl adjacent to an activating group) is 1. The first-order chi connectivity index (χ1) is 34.1. The largest absolute Gasteiger partial charge is 0.368 e. The molecule has 15 heteroatoms. The van der Waals surface area contributed by atoms with E-state index in [0.29, 0.717) is 42.1 Å². The lowest BCUT2D eigenvalue weighted by atomic mass is 9.87. The molecule has 3 atom stereocenters. The number of anilines is 3. The molecule has 2 aliphatic carbocycles. The molecule has 0 radical (unpaired) electrons. The number of hydrogen-bond donors (Lipinski definition) is 2. The van der Waals surface area contributed by atoms with Crippen LogP contribution >= 0.6 is 0 Å². The number of aldehydes is 1. The lowest BCUT2D eigenvalue weighted by Crippen LogP contribution is -2.49. The summed E-state index contributed by atoms with van der Waals surface area (Å²) in [6.07, 6.45) is 15.9. The highest BCUT2D eigenvalue weighted by Gasteiger charge is 2.37. The number of piperidine rings is 1. The minimum Gasteiger partial charge on any atom is -0.368 e. The van der Waals surface area contributed by atoms with E-state index in [0.717, 1.165) is 118 Å². The highest BCUT2D eigenvalue weighted by molar-refractivity contribution is 6.01. The molecule has 3 amide bonds. The van der Waals surface area contributed by atoms with Crippen molar-refractivity contribution in [2.24, 2.45) is 5.92 Å². The van der Waals surface area contributed by atoms with Crippen LogP contribution in [0.3, 0.4) is 0 Å². The minimum absolute atomic E-state index is 0.000277. The van der Waals surface area contributed by atoms with Crippen molar-refractivity contribution in [1.29, 1.82) is 0 Å². The van der Waals surface area contributed by atoms with Crippen molar-refractivity contribution in [3.63, 3.8) is 0 Å². The van der Waals surface area contributed by atoms with E-state index in [2.05, 4.69) is 95.3 Å². The lowest BCUT2D eigenvalue weighted by molar-refractivity contribution is -0.125. The molecule has 2 saturated heterocycles. The summed E-state index contributed by atoms with van der Waals surface area (Å²) < 4.78 is 2.14. The van der Waals surface area contributed by atoms with Gasteiger partial charge in [0.05, 0.1) is 11.9 Å². The number of amides is 3. The smallest absolute Gasteiger partial charge is 0.270 e. The van der Waals surface area contributed by atoms with Crippen molar-refractivity contribution in [1.82, 2.24) is 44.4 Å². The number of carbonyl (C=O) groups excluding carboxylic acids is 4. The van der Waals surface area contributed by atoms with Gasteiger partial charge >= 0.3 is 0 Å². The Kier molecular flexibility index (Phi) is 15.5. The van der Waals surface area contributed by atoms with Gasteiger partial charge in [0.15, 0.2) is 0 Å². The van der Waals surface area contributed by atoms with Crippen molar-refractivity contribution < 1.29 is 19.2 Å². The van der Waals surface area contributed by atoms with Gasteiger partial charge in [0.25, 0.3) is 11.8 Å². The Bertz CT molecular complexity index is 2600. The van der Waals surface area contributed by atoms with Crippen LogP contribution in [0.1, 0.15) is 127 Å². The van der Waals surface area contributed by atoms with Gasteiger partial charge < -0.3 is 34.7 Å². The normalized spacial score (nSPS) is 20.5. The van der Waals surface area contributed by atoms with Gasteiger partial charge in [-0.3, -0.25) is 24.2 Å². The summed E-state index contributed by atoms with van der Waals surface area (Å²) in [4.78, 5) is 74.1. The molecule has 3 unspecified atom stereocenters. The zero-order valence-corrected chi connectivity index (χ0v) is 41.6. The number of nitrogens with zero attached hydrogens (tertiary/aromatic N) is 9. The number of benzene rings is 2. The molecule has 10 rings (SSSR count). The molecule has 3 aliphatic heterocycles. The molecule has 70 heavy (non-hydrogen) atoms. The average Bonchev–Trinajstić information content (AvgIpc) is 4.22. The highest BCUT2D eigenvalue weighted by atomic mass is 16.2. The topological polar surface area (TPSA) is 152 Å². The van der Waals surface area contributed by atoms with Gasteiger partial charge in [-0.2, -0.15) is 4.98 Å². The number of nitrogens with one attached hydrogen (secondary N) is 2. The van der Waals surface area contributed by atoms with Crippen LogP contribution in [-0.2, 0) is 22.7 Å². The van der Waals surface area contributed by atoms with Gasteiger partial charge in [-0.15, -0.1) is 0 Å². The second kappa shape index (κ2) is 22.3. The Balaban J connectivity index is 0.000000177. The summed E-state index contributed by atoms with van der Waals surface area (Å²) in [5.74, 6) is 2.24. The lowest BCUT2D eigenvalue weighted by Gasteiger charge is -2.39. The van der Waals surface area contributed by atoms with Crippen molar-refractivity contribution in [3.8, 4) is 0 Å². The van der Waals surface area contributed by atoms with Crippen LogP contribution in [0.2, 0.25) is 0 Å². The van der Waals surface area contributed by atoms with Gasteiger partial charge in [-0.1, -0.05) is 62.2 Å². The van der Waals surface area contributed by atoms with Gasteiger partial charge in [-0.25, -0.2) is 9.97 Å². The van der Waals surface area contributed by atoms with Gasteiger partial charge in [0, 0.05) is 96.1 Å². The summed E-state index contributed by atoms with van der Waals surface area (Å²) in [5, 5.41) is 6.80. The fourth-order valence-corrected chi connectivity index (χ4v) is 11.6. The predicted octanol–water partition coefficient (Wildman–Crippen LogP) is 7.81. The van der Waals surface area contributed by atoms with E-state index in [1.165, 1.54) is 43.2 Å². The molecule has 4 fully saturated rings. The number of piperazine rings is 1. The van der Waals surface area contributed by atoms with Crippen molar-refractivity contribution >= 4 is 52.5 Å². The number of carbonyl (C=O) groups is 4. The summed E-state index contributed by atoms with van der Waals surface area (Å²) in [6.45, 7) is 10.3. The van der Waals surface area contributed by atoms with Crippen LogP contribution in [0.25, 0.3) is 11.0 Å². The van der Waals surface area contributed by atoms with Crippen LogP contribution in [0, 0.1) is 5.92 Å². The van der Waals surface area contributed by atoms with Crippen molar-refractivity contribution in [3.05, 3.63) is 107 Å². The second-order valence-corrected chi connectivity index (χ2v) is 20.4. The highest BCUT2D eigenvalue weighted by Crippen LogP contribution is 2.36. The molecule has 370 valence electrons. The van der Waals surface area contributed by atoms with E-state index >= 15 is 0 Å². The summed E-state index contributed by atoms with van der Waals surface area (Å²) in [7, 11) is 5.15. The molecule has 5 aromatic rings. The van der Waals surface area contributed by atoms with Crippen LogP contribution in [0.15, 0.2) is 79.1 Å². The zero-order valence-electron chi connectivity index (χ0n) is 41.6. The first-order valence-corrected chi connectivity index (χ1v) is 25.7. The quantitative estimate of drug-likeness (QED) is 0.105. The Hall–Kier alpha value is -6.19. The molecule has 0 bridgehead atoms. The number of hydrogen-bond acceptors (Lipinski definition) is 11. The number of likely N-dealkylation sites (tertiary alicyclic amines) is 1. The predicted molar refractivity (Wildman–Crippen MR) is 274 cm³/mol. The molecule has 2 aromatic carbocycles. The number of rotatable bonds is 14. The molecule has 2 N–H and O–H groups in total. The van der Waals surface area contributed by atoms with Crippen LogP contribution < -0.4 is 15.5 Å². The standard InChI is InChI=1S/C29H40N8O.C26H31N3O3/c1-20-8-9-23(16-20)35-12-14-36(15-13-35)24-10-11-26(30-19-24)32-29-31-18-21-17-25(28(38)34(2)3)37(27(21)33-29)22-6-4-5-7-22;1-27-25(31)24(8-5-15-30)29-18-22-16-21(9-10-23(22)26(29)32)20-11-13-28(14-12-20)17-19-6-3-2-4-7-19/h10-11,17-20,22-23H,4-9,12-16H2,1-3H3,(H,30,31,32,33);2-4,6-7,9-10,15-16,20,24H,5,8,11-14,17-18H2,1H3,(H,27,31). The SMILES string of the molecule is CC1CCC(N2CCN(c3ccc(Nc4ncc5cc(C(=O)N(C)C)n(C6CCCC6)c5n4)nc3)CC2)C1.CNC(=O)C(CCC=O)N1Cc2cc(C3CCN(Cc4ccccc4)CC3)ccc2C1=O. The molecular weight excluding hydrogens is 879 g/mol. The van der Waals surface area contributed by atoms with Crippen LogP contribution in [-0.4, -0.2) is 136 Å². The maximum Gasteiger partial charge on any atom is 0.270 e. The van der Waals surface area contributed by atoms with Gasteiger partial charge in [0.2, 0.25) is 11.9 Å². The first kappa shape index (κ1) is 48.8. The third-order valence-electron chi connectivity index (χ3n) is 15.5. The molecule has 3 aromatic heterocycles. The van der Waals surface area contributed by atoms with Gasteiger partial charge in [0.1, 0.15) is 29.5 Å². The van der Waals surface area contributed by atoms with Crippen LogP contribution in [0.5, 0.6) is 0 Å². The minimum atomic E-state index is -0.616. The molecule has 6 heterocycles. The first-order valence-electron chi connectivity index (χ1n) is 25.7. The van der Waals surface area contributed by atoms with E-state index in [-0.39, 0.29) is 24.1 Å². The van der Waals surface area contributed by atoms with E-state index in [4.69, 9.17) is 4.98 Å². The zero-order chi connectivity index (χ0) is 48.7. The fourth-order valence-electron chi connectivity index (χ4n) is 11.6. The van der Waals surface area contributed by atoms with Gasteiger partial charge in [-0.05, 0) is 117 Å². The van der Waals surface area contributed by atoms with E-state index < -0.39 is 6.04 Å². The number of aromatic nitrogens is 4. The Morgan fingerprint density at radius 1 is 0.857 bits per heavy atom. The van der Waals surface area contributed by atoms with E-state index in [1.54, 1.807) is 30.9 Å². The Morgan fingerprint density at radius 3 is 2.30 bits per heavy atom. The molecule has 15 nitrogen and oxygen atoms in total. The monoisotopic (exact) mass is 950 g/mol. The average molecular weight is 950 g/mol. The maximum atomic E-state index is 13.0. The van der Waals surface area contributed by atoms with E-state index in [1.807, 2.05) is 30.6 Å². The Morgan fingerprint density at radius 2 is 1.63 bits per heavy atom. The van der Waals surface area contributed by atoms with Crippen molar-refractivity contribution in [2.45, 2.75) is 115 Å².